The lowest BCUT2D eigenvalue weighted by Crippen LogP contribution is -2.07. The van der Waals surface area contributed by atoms with E-state index in [0.717, 1.165) is 12.2 Å². The smallest absolute Gasteiger partial charge is 0.133 e. The van der Waals surface area contributed by atoms with Crippen molar-refractivity contribution in [3.8, 4) is 0 Å². The van der Waals surface area contributed by atoms with Crippen molar-refractivity contribution in [3.05, 3.63) is 16.9 Å². The van der Waals surface area contributed by atoms with Crippen LogP contribution in [0.25, 0.3) is 0 Å². The zero-order chi connectivity index (χ0) is 8.43. The molecule has 1 aromatic rings. The summed E-state index contributed by atoms with van der Waals surface area (Å²) in [6, 6.07) is 0. The van der Waals surface area contributed by atoms with Gasteiger partial charge in [-0.15, -0.1) is 0 Å². The Hall–Kier alpha value is -0.500. The maximum absolute atomic E-state index is 5.77. The highest BCUT2D eigenvalue weighted by Crippen LogP contribution is 2.13. The summed E-state index contributed by atoms with van der Waals surface area (Å²) in [4.78, 5) is 0. The number of nitrogens with zero attached hydrogens (tertiary/aromatic N) is 2. The van der Waals surface area contributed by atoms with Gasteiger partial charge in [-0.1, -0.05) is 25.4 Å². The van der Waals surface area contributed by atoms with Gasteiger partial charge in [0.25, 0.3) is 0 Å². The Morgan fingerprint density at radius 2 is 2.27 bits per heavy atom. The van der Waals surface area contributed by atoms with Gasteiger partial charge in [0, 0.05) is 6.54 Å². The Bertz CT molecular complexity index is 240. The molecule has 0 aromatic carbocycles. The quantitative estimate of drug-likeness (QED) is 0.668. The Labute approximate surface area is 72.2 Å². The predicted octanol–water partition coefficient (Wildman–Crippen LogP) is 2.30. The Morgan fingerprint density at radius 3 is 2.64 bits per heavy atom. The molecule has 61 valence electrons. The standard InChI is InChI=1S/C8H12ClN2/c1-6(2)5-11-7(3)8(9)4-10-11/h6H,5H2,1-3H3. The highest BCUT2D eigenvalue weighted by Gasteiger charge is 2.04. The second kappa shape index (κ2) is 3.26. The number of aromatic nitrogens is 2. The minimum absolute atomic E-state index is 0.595. The second-order valence-corrected chi connectivity index (χ2v) is 3.47. The molecule has 0 bridgehead atoms. The van der Waals surface area contributed by atoms with Gasteiger partial charge in [0.05, 0.1) is 10.7 Å². The fraction of sp³-hybridized carbons (Fsp3) is 0.625. The summed E-state index contributed by atoms with van der Waals surface area (Å²) in [5, 5.41) is 4.65. The van der Waals surface area contributed by atoms with Crippen molar-refractivity contribution in [2.24, 2.45) is 5.92 Å². The normalized spacial score (nSPS) is 11.0. The Morgan fingerprint density at radius 1 is 1.64 bits per heavy atom. The summed E-state index contributed by atoms with van der Waals surface area (Å²) in [6.45, 7) is 7.16. The average Bonchev–Trinajstić information content (AvgIpc) is 2.18. The molecule has 0 saturated carbocycles. The zero-order valence-electron chi connectivity index (χ0n) is 7.06. The first-order chi connectivity index (χ1) is 5.11. The third-order valence-corrected chi connectivity index (χ3v) is 1.87. The average molecular weight is 172 g/mol. The number of hydrogen-bond donors (Lipinski definition) is 0. The molecule has 0 aliphatic heterocycles. The summed E-state index contributed by atoms with van der Waals surface area (Å²) >= 11 is 5.77. The lowest BCUT2D eigenvalue weighted by molar-refractivity contribution is 0.474. The van der Waals surface area contributed by atoms with Crippen molar-refractivity contribution in [1.29, 1.82) is 0 Å². The van der Waals surface area contributed by atoms with Crippen molar-refractivity contribution < 1.29 is 0 Å². The highest BCUT2D eigenvalue weighted by atomic mass is 35.5. The second-order valence-electron chi connectivity index (χ2n) is 3.09. The van der Waals surface area contributed by atoms with E-state index < -0.39 is 0 Å². The van der Waals surface area contributed by atoms with Crippen molar-refractivity contribution in [3.63, 3.8) is 0 Å². The first-order valence-corrected chi connectivity index (χ1v) is 4.09. The van der Waals surface area contributed by atoms with Crippen LogP contribution in [0.15, 0.2) is 0 Å². The molecule has 1 aromatic heterocycles. The molecule has 0 atom stereocenters. The molecule has 0 aliphatic carbocycles. The van der Waals surface area contributed by atoms with E-state index in [9.17, 15) is 0 Å². The van der Waals surface area contributed by atoms with Crippen LogP contribution in [-0.2, 0) is 6.54 Å². The molecule has 0 amide bonds. The largest absolute Gasteiger partial charge is 0.267 e. The summed E-state index contributed by atoms with van der Waals surface area (Å²) in [6.07, 6.45) is 2.72. The molecule has 1 heterocycles. The van der Waals surface area contributed by atoms with Crippen LogP contribution in [0.3, 0.4) is 0 Å². The number of halogens is 1. The lowest BCUT2D eigenvalue weighted by atomic mass is 10.2. The minimum Gasteiger partial charge on any atom is -0.267 e. The van der Waals surface area contributed by atoms with Crippen LogP contribution in [0.5, 0.6) is 0 Å². The van der Waals surface area contributed by atoms with Crippen LogP contribution in [0, 0.1) is 19.0 Å². The van der Waals surface area contributed by atoms with Crippen molar-refractivity contribution in [1.82, 2.24) is 9.78 Å². The molecule has 1 rings (SSSR count). The molecule has 0 N–H and O–H groups in total. The zero-order valence-corrected chi connectivity index (χ0v) is 7.81. The molecule has 0 saturated heterocycles. The van der Waals surface area contributed by atoms with Crippen LogP contribution >= 0.6 is 11.6 Å². The van der Waals surface area contributed by atoms with Crippen molar-refractivity contribution in [2.45, 2.75) is 27.3 Å². The van der Waals surface area contributed by atoms with Gasteiger partial charge in [-0.05, 0) is 12.8 Å². The molecule has 0 aliphatic rings. The summed E-state index contributed by atoms with van der Waals surface area (Å²) in [5.41, 5.74) is 1.00. The van der Waals surface area contributed by atoms with Gasteiger partial charge in [0.15, 0.2) is 0 Å². The topological polar surface area (TPSA) is 17.8 Å². The van der Waals surface area contributed by atoms with E-state index in [0.29, 0.717) is 10.9 Å². The summed E-state index contributed by atoms with van der Waals surface area (Å²) in [5.74, 6) is 0.595. The fourth-order valence-electron chi connectivity index (χ4n) is 0.897. The van der Waals surface area contributed by atoms with Crippen molar-refractivity contribution in [2.75, 3.05) is 0 Å². The number of hydrogen-bond acceptors (Lipinski definition) is 1. The molecule has 3 heteroatoms. The van der Waals surface area contributed by atoms with E-state index in [4.69, 9.17) is 11.6 Å². The van der Waals surface area contributed by atoms with Gasteiger partial charge in [-0.2, -0.15) is 5.10 Å². The SMILES string of the molecule is Cc1c(Cl)[c]nn1CC(C)C. The van der Waals surface area contributed by atoms with Gasteiger partial charge in [-0.25, -0.2) is 0 Å². The van der Waals surface area contributed by atoms with E-state index in [2.05, 4.69) is 25.1 Å². The molecule has 11 heavy (non-hydrogen) atoms. The molecule has 1 radical (unpaired) electrons. The molecule has 0 fully saturated rings. The van der Waals surface area contributed by atoms with Gasteiger partial charge >= 0.3 is 0 Å². The molecular weight excluding hydrogens is 160 g/mol. The van der Waals surface area contributed by atoms with Gasteiger partial charge in [0.1, 0.15) is 6.20 Å². The predicted molar refractivity (Wildman–Crippen MR) is 45.6 cm³/mol. The van der Waals surface area contributed by atoms with Crippen LogP contribution < -0.4 is 0 Å². The lowest BCUT2D eigenvalue weighted by Gasteiger charge is -2.06. The third kappa shape index (κ3) is 1.96. The number of rotatable bonds is 2. The molecule has 2 nitrogen and oxygen atoms in total. The van der Waals surface area contributed by atoms with E-state index in [1.165, 1.54) is 0 Å². The molecular formula is C8H12ClN2. The van der Waals surface area contributed by atoms with E-state index >= 15 is 0 Å². The monoisotopic (exact) mass is 171 g/mol. The highest BCUT2D eigenvalue weighted by molar-refractivity contribution is 6.30. The summed E-state index contributed by atoms with van der Waals surface area (Å²) in [7, 11) is 0. The molecule has 0 spiro atoms. The summed E-state index contributed by atoms with van der Waals surface area (Å²) < 4.78 is 1.88. The van der Waals surface area contributed by atoms with E-state index in [1.54, 1.807) is 0 Å². The van der Waals surface area contributed by atoms with Crippen LogP contribution in [0.4, 0.5) is 0 Å². The fourth-order valence-corrected chi connectivity index (χ4v) is 1.03. The first-order valence-electron chi connectivity index (χ1n) is 3.72. The molecule has 0 unspecified atom stereocenters. The Kier molecular flexibility index (Phi) is 2.55. The van der Waals surface area contributed by atoms with Crippen molar-refractivity contribution >= 4 is 11.6 Å². The van der Waals surface area contributed by atoms with Gasteiger partial charge < -0.3 is 0 Å². The van der Waals surface area contributed by atoms with E-state index in [-0.39, 0.29) is 0 Å². The van der Waals surface area contributed by atoms with E-state index in [1.807, 2.05) is 11.6 Å². The van der Waals surface area contributed by atoms with Crippen LogP contribution in [-0.4, -0.2) is 9.78 Å². The van der Waals surface area contributed by atoms with Gasteiger partial charge in [0.2, 0.25) is 0 Å². The first kappa shape index (κ1) is 8.60. The minimum atomic E-state index is 0.595. The maximum atomic E-state index is 5.77. The van der Waals surface area contributed by atoms with Gasteiger partial charge in [-0.3, -0.25) is 4.68 Å². The third-order valence-electron chi connectivity index (χ3n) is 1.51. The van der Waals surface area contributed by atoms with Crippen LogP contribution in [0.2, 0.25) is 5.02 Å². The maximum Gasteiger partial charge on any atom is 0.133 e. The van der Waals surface area contributed by atoms with Crippen LogP contribution in [0.1, 0.15) is 19.5 Å². The Balaban J connectivity index is 2.79.